The summed E-state index contributed by atoms with van der Waals surface area (Å²) < 4.78 is 0. The zero-order chi connectivity index (χ0) is 17.1. The molecule has 2 aromatic rings. The van der Waals surface area contributed by atoms with Gasteiger partial charge in [-0.05, 0) is 28.8 Å². The van der Waals surface area contributed by atoms with E-state index >= 15 is 0 Å². The molecule has 0 fully saturated rings. The molecule has 0 radical (unpaired) electrons. The highest BCUT2D eigenvalue weighted by Crippen LogP contribution is 2.31. The summed E-state index contributed by atoms with van der Waals surface area (Å²) in [5.41, 5.74) is 3.04. The van der Waals surface area contributed by atoms with E-state index in [1.54, 1.807) is 6.20 Å². The van der Waals surface area contributed by atoms with E-state index in [0.717, 1.165) is 22.5 Å². The van der Waals surface area contributed by atoms with E-state index < -0.39 is 6.10 Å². The van der Waals surface area contributed by atoms with Crippen LogP contribution in [0.15, 0.2) is 42.6 Å². The SMILES string of the molecule is CN(C)c1cc(CNC(=O)NC2c3ccccc3CC2O)ccn1. The lowest BCUT2D eigenvalue weighted by Gasteiger charge is -2.18. The summed E-state index contributed by atoms with van der Waals surface area (Å²) in [4.78, 5) is 18.3. The van der Waals surface area contributed by atoms with Crippen LogP contribution in [0.5, 0.6) is 0 Å². The fourth-order valence-corrected chi connectivity index (χ4v) is 2.94. The Balaban J connectivity index is 1.59. The molecule has 3 N–H and O–H groups in total. The summed E-state index contributed by atoms with van der Waals surface area (Å²) in [7, 11) is 3.84. The third-order valence-electron chi connectivity index (χ3n) is 4.21. The van der Waals surface area contributed by atoms with Crippen molar-refractivity contribution in [2.24, 2.45) is 0 Å². The molecule has 0 saturated heterocycles. The van der Waals surface area contributed by atoms with Gasteiger partial charge in [-0.3, -0.25) is 0 Å². The fourth-order valence-electron chi connectivity index (χ4n) is 2.94. The van der Waals surface area contributed by atoms with E-state index in [0.29, 0.717) is 13.0 Å². The van der Waals surface area contributed by atoms with Crippen LogP contribution in [0.2, 0.25) is 0 Å². The van der Waals surface area contributed by atoms with E-state index in [-0.39, 0.29) is 12.1 Å². The van der Waals surface area contributed by atoms with Crippen molar-refractivity contribution in [2.45, 2.75) is 25.1 Å². The number of carbonyl (C=O) groups excluding carboxylic acids is 1. The number of nitrogens with one attached hydrogen (secondary N) is 2. The zero-order valence-corrected chi connectivity index (χ0v) is 13.9. The van der Waals surface area contributed by atoms with E-state index in [1.807, 2.05) is 55.4 Å². The molecule has 6 heteroatoms. The maximum absolute atomic E-state index is 12.2. The summed E-state index contributed by atoms with van der Waals surface area (Å²) >= 11 is 0. The van der Waals surface area contributed by atoms with Gasteiger partial charge in [-0.25, -0.2) is 9.78 Å². The largest absolute Gasteiger partial charge is 0.390 e. The van der Waals surface area contributed by atoms with Gasteiger partial charge in [-0.1, -0.05) is 24.3 Å². The Labute approximate surface area is 141 Å². The van der Waals surface area contributed by atoms with E-state index in [2.05, 4.69) is 15.6 Å². The standard InChI is InChI=1S/C18H22N4O2/c1-22(2)16-9-12(7-8-19-16)11-20-18(24)21-17-14-6-4-3-5-13(14)10-15(17)23/h3-9,15,17,23H,10-11H2,1-2H3,(H2,20,21,24). The molecule has 0 bridgehead atoms. The molecule has 1 aliphatic carbocycles. The Morgan fingerprint density at radius 2 is 2.12 bits per heavy atom. The number of nitrogens with zero attached hydrogens (tertiary/aromatic N) is 2. The van der Waals surface area contributed by atoms with Crippen LogP contribution in [-0.4, -0.2) is 36.3 Å². The summed E-state index contributed by atoms with van der Waals surface area (Å²) in [6, 6.07) is 10.9. The highest BCUT2D eigenvalue weighted by Gasteiger charge is 2.31. The van der Waals surface area contributed by atoms with Gasteiger partial charge < -0.3 is 20.6 Å². The van der Waals surface area contributed by atoms with Gasteiger partial charge in [0.25, 0.3) is 0 Å². The van der Waals surface area contributed by atoms with Gasteiger partial charge in [-0.15, -0.1) is 0 Å². The van der Waals surface area contributed by atoms with Crippen LogP contribution in [-0.2, 0) is 13.0 Å². The van der Waals surface area contributed by atoms with Crippen molar-refractivity contribution in [3.8, 4) is 0 Å². The molecule has 2 amide bonds. The molecule has 1 heterocycles. The van der Waals surface area contributed by atoms with E-state index in [1.165, 1.54) is 0 Å². The number of rotatable bonds is 4. The molecule has 0 aliphatic heterocycles. The molecule has 0 saturated carbocycles. The Morgan fingerprint density at radius 1 is 1.33 bits per heavy atom. The number of benzene rings is 1. The van der Waals surface area contributed by atoms with Gasteiger partial charge in [0.2, 0.25) is 0 Å². The number of aliphatic hydroxyl groups is 1. The Morgan fingerprint density at radius 3 is 2.92 bits per heavy atom. The van der Waals surface area contributed by atoms with Crippen molar-refractivity contribution >= 4 is 11.8 Å². The highest BCUT2D eigenvalue weighted by atomic mass is 16.3. The van der Waals surface area contributed by atoms with Crippen molar-refractivity contribution in [3.05, 3.63) is 59.3 Å². The minimum absolute atomic E-state index is 0.293. The van der Waals surface area contributed by atoms with Crippen molar-refractivity contribution in [2.75, 3.05) is 19.0 Å². The van der Waals surface area contributed by atoms with Gasteiger partial charge in [0, 0.05) is 33.3 Å². The first-order valence-corrected chi connectivity index (χ1v) is 7.97. The quantitative estimate of drug-likeness (QED) is 0.798. The smallest absolute Gasteiger partial charge is 0.315 e. The van der Waals surface area contributed by atoms with E-state index in [9.17, 15) is 9.90 Å². The predicted molar refractivity (Wildman–Crippen MR) is 92.8 cm³/mol. The molecule has 1 aromatic carbocycles. The summed E-state index contributed by atoms with van der Waals surface area (Å²) in [5.74, 6) is 0.842. The van der Waals surface area contributed by atoms with Crippen LogP contribution in [0.25, 0.3) is 0 Å². The topological polar surface area (TPSA) is 77.5 Å². The normalized spacial score (nSPS) is 18.8. The first-order valence-electron chi connectivity index (χ1n) is 7.97. The number of aliphatic hydroxyl groups excluding tert-OH is 1. The average Bonchev–Trinajstić information content (AvgIpc) is 2.89. The van der Waals surface area contributed by atoms with Crippen LogP contribution in [0, 0.1) is 0 Å². The Kier molecular flexibility index (Phi) is 4.66. The van der Waals surface area contributed by atoms with Crippen LogP contribution in [0.3, 0.4) is 0 Å². The van der Waals surface area contributed by atoms with Crippen LogP contribution in [0.1, 0.15) is 22.7 Å². The molecule has 24 heavy (non-hydrogen) atoms. The van der Waals surface area contributed by atoms with Gasteiger partial charge in [0.1, 0.15) is 5.82 Å². The average molecular weight is 326 g/mol. The number of pyridine rings is 1. The lowest BCUT2D eigenvalue weighted by molar-refractivity contribution is 0.142. The summed E-state index contributed by atoms with van der Waals surface area (Å²) in [5, 5.41) is 15.9. The molecule has 2 unspecified atom stereocenters. The van der Waals surface area contributed by atoms with Crippen molar-refractivity contribution in [3.63, 3.8) is 0 Å². The number of urea groups is 1. The summed E-state index contributed by atoms with van der Waals surface area (Å²) in [6.45, 7) is 0.402. The monoisotopic (exact) mass is 326 g/mol. The van der Waals surface area contributed by atoms with E-state index in [4.69, 9.17) is 0 Å². The number of anilines is 1. The molecule has 1 aliphatic rings. The van der Waals surface area contributed by atoms with Gasteiger partial charge in [0.05, 0.1) is 12.1 Å². The summed E-state index contributed by atoms with van der Waals surface area (Å²) in [6.07, 6.45) is 1.70. The fraction of sp³-hybridized carbons (Fsp3) is 0.333. The zero-order valence-electron chi connectivity index (χ0n) is 13.9. The minimum Gasteiger partial charge on any atom is -0.390 e. The predicted octanol–water partition coefficient (Wildman–Crippen LogP) is 1.61. The second kappa shape index (κ2) is 6.88. The van der Waals surface area contributed by atoms with Crippen molar-refractivity contribution in [1.29, 1.82) is 0 Å². The Hall–Kier alpha value is -2.60. The number of aromatic nitrogens is 1. The molecule has 1 aromatic heterocycles. The number of carbonyl (C=O) groups is 1. The molecule has 3 rings (SSSR count). The lowest BCUT2D eigenvalue weighted by atomic mass is 10.1. The highest BCUT2D eigenvalue weighted by molar-refractivity contribution is 5.74. The first-order chi connectivity index (χ1) is 11.5. The van der Waals surface area contributed by atoms with Gasteiger partial charge in [0.15, 0.2) is 0 Å². The third kappa shape index (κ3) is 3.49. The van der Waals surface area contributed by atoms with Crippen molar-refractivity contribution < 1.29 is 9.90 Å². The molecule has 0 spiro atoms. The van der Waals surface area contributed by atoms with Crippen LogP contribution in [0.4, 0.5) is 10.6 Å². The number of amides is 2. The third-order valence-corrected chi connectivity index (χ3v) is 4.21. The maximum Gasteiger partial charge on any atom is 0.315 e. The number of hydrogen-bond acceptors (Lipinski definition) is 4. The second-order valence-electron chi connectivity index (χ2n) is 6.19. The molecule has 126 valence electrons. The maximum atomic E-state index is 12.2. The Bertz CT molecular complexity index is 732. The number of fused-ring (bicyclic) bond motifs is 1. The van der Waals surface area contributed by atoms with Crippen LogP contribution >= 0.6 is 0 Å². The van der Waals surface area contributed by atoms with Gasteiger partial charge >= 0.3 is 6.03 Å². The van der Waals surface area contributed by atoms with Crippen molar-refractivity contribution in [1.82, 2.24) is 15.6 Å². The molecular formula is C18H22N4O2. The molecule has 6 nitrogen and oxygen atoms in total. The van der Waals surface area contributed by atoms with Crippen LogP contribution < -0.4 is 15.5 Å². The minimum atomic E-state index is -0.589. The molecular weight excluding hydrogens is 304 g/mol. The number of hydrogen-bond donors (Lipinski definition) is 3. The first kappa shape index (κ1) is 16.3. The molecule has 2 atom stereocenters. The lowest BCUT2D eigenvalue weighted by Crippen LogP contribution is -2.40. The van der Waals surface area contributed by atoms with Gasteiger partial charge in [-0.2, -0.15) is 0 Å². The second-order valence-corrected chi connectivity index (χ2v) is 6.19.